The molecule has 8 nitrogen and oxygen atoms in total. The predicted molar refractivity (Wildman–Crippen MR) is 98.6 cm³/mol. The van der Waals surface area contributed by atoms with Gasteiger partial charge in [-0.15, -0.1) is 0 Å². The molecular weight excluding hydrogens is 368 g/mol. The molecule has 0 radical (unpaired) electrons. The van der Waals surface area contributed by atoms with E-state index in [9.17, 15) is 19.8 Å². The van der Waals surface area contributed by atoms with Crippen LogP contribution in [0.25, 0.3) is 6.08 Å². The number of esters is 1. The molecule has 4 atom stereocenters. The van der Waals surface area contributed by atoms with Gasteiger partial charge >= 0.3 is 5.97 Å². The van der Waals surface area contributed by atoms with Gasteiger partial charge in [0.1, 0.15) is 23.5 Å². The highest BCUT2D eigenvalue weighted by Crippen LogP contribution is 2.41. The van der Waals surface area contributed by atoms with Crippen molar-refractivity contribution in [3.8, 4) is 17.2 Å². The van der Waals surface area contributed by atoms with Gasteiger partial charge in [-0.2, -0.15) is 0 Å². The fourth-order valence-electron chi connectivity index (χ4n) is 3.61. The van der Waals surface area contributed by atoms with E-state index in [4.69, 9.17) is 18.9 Å². The number of methoxy groups -OCH3 is 2. The Labute approximate surface area is 162 Å². The average Bonchev–Trinajstić information content (AvgIpc) is 2.63. The number of ether oxygens (including phenoxy) is 4. The Hall–Kier alpha value is -2.58. The van der Waals surface area contributed by atoms with Crippen LogP contribution in [0.3, 0.4) is 0 Å². The first kappa shape index (κ1) is 20.2. The van der Waals surface area contributed by atoms with Crippen LogP contribution in [0.15, 0.2) is 12.1 Å². The largest absolute Gasteiger partial charge is 0.507 e. The number of aliphatic hydroxyl groups excluding tert-OH is 1. The molecule has 0 saturated carbocycles. The van der Waals surface area contributed by atoms with Crippen molar-refractivity contribution in [3.05, 3.63) is 23.3 Å². The van der Waals surface area contributed by atoms with Crippen LogP contribution < -0.4 is 9.47 Å². The lowest BCUT2D eigenvalue weighted by molar-refractivity contribution is -0.159. The molecule has 2 N–H and O–H groups in total. The molecule has 0 unspecified atom stereocenters. The van der Waals surface area contributed by atoms with Crippen LogP contribution in [0.2, 0.25) is 0 Å². The Balaban J connectivity index is 2.09. The lowest BCUT2D eigenvalue weighted by Gasteiger charge is -2.33. The van der Waals surface area contributed by atoms with E-state index in [-0.39, 0.29) is 47.0 Å². The second kappa shape index (κ2) is 8.20. The maximum atomic E-state index is 12.7. The number of cyclic esters (lactones) is 1. The van der Waals surface area contributed by atoms with Crippen LogP contribution in [0.4, 0.5) is 0 Å². The maximum absolute atomic E-state index is 12.7. The normalized spacial score (nSPS) is 29.0. The van der Waals surface area contributed by atoms with Gasteiger partial charge in [0, 0.05) is 24.5 Å². The quantitative estimate of drug-likeness (QED) is 0.734. The molecular formula is C20H24O8. The van der Waals surface area contributed by atoms with Crippen molar-refractivity contribution in [2.45, 2.75) is 50.6 Å². The zero-order chi connectivity index (χ0) is 20.4. The molecule has 0 spiro atoms. The number of Topliss-reactive ketones (excluding diaryl/α,β-unsaturated/α-hetero) is 1. The highest BCUT2D eigenvalue weighted by Gasteiger charge is 2.37. The summed E-state index contributed by atoms with van der Waals surface area (Å²) < 4.78 is 21.9. The number of phenolic OH excluding ortho intramolecular Hbond substituents is 1. The van der Waals surface area contributed by atoms with E-state index in [1.54, 1.807) is 19.1 Å². The Morgan fingerprint density at radius 2 is 1.96 bits per heavy atom. The zero-order valence-electron chi connectivity index (χ0n) is 16.0. The van der Waals surface area contributed by atoms with E-state index < -0.39 is 30.4 Å². The van der Waals surface area contributed by atoms with Gasteiger partial charge in [-0.25, -0.2) is 4.79 Å². The molecule has 0 aromatic heterocycles. The first-order chi connectivity index (χ1) is 13.3. The van der Waals surface area contributed by atoms with Crippen LogP contribution in [-0.2, 0) is 14.3 Å². The summed E-state index contributed by atoms with van der Waals surface area (Å²) in [6.45, 7) is 1.69. The third-order valence-corrected chi connectivity index (χ3v) is 4.92. The third kappa shape index (κ3) is 3.83. The first-order valence-corrected chi connectivity index (χ1v) is 9.07. The van der Waals surface area contributed by atoms with Gasteiger partial charge in [0.15, 0.2) is 17.3 Å². The number of carbonyl (C=O) groups is 2. The standard InChI is InChI=1S/C20H24O8/c1-10-7-11-8-14(22)18(23)15(28-11)6-4-5-12-17(20(24)27-10)13(21)9-16(25-2)19(12)26-3/h4-5,9-11,15,18,21,23H,6-8H2,1-3H3/b5-4-/t10-,11-,15-,18+/m0/s1. The van der Waals surface area contributed by atoms with E-state index in [0.29, 0.717) is 6.42 Å². The zero-order valence-corrected chi connectivity index (χ0v) is 16.0. The predicted octanol–water partition coefficient (Wildman–Crippen LogP) is 1.85. The SMILES string of the molecule is COc1cc(O)c2c(c1OC)/C=C\C[C@@H]1O[C@H](CC(=O)[C@H]1O)C[C@H](C)OC2=O. The van der Waals surface area contributed by atoms with Gasteiger partial charge in [0.2, 0.25) is 0 Å². The number of ketones is 1. The number of carbonyl (C=O) groups excluding carboxylic acids is 2. The minimum atomic E-state index is -1.21. The third-order valence-electron chi connectivity index (χ3n) is 4.92. The second-order valence-corrected chi connectivity index (χ2v) is 6.92. The highest BCUT2D eigenvalue weighted by atomic mass is 16.6. The summed E-state index contributed by atoms with van der Waals surface area (Å²) in [7, 11) is 2.84. The van der Waals surface area contributed by atoms with Gasteiger partial charge in [-0.05, 0) is 13.3 Å². The van der Waals surface area contributed by atoms with Gasteiger partial charge in [0.25, 0.3) is 0 Å². The summed E-state index contributed by atoms with van der Waals surface area (Å²) >= 11 is 0. The molecule has 3 rings (SSSR count). The molecule has 8 heteroatoms. The Bertz CT molecular complexity index is 800. The summed E-state index contributed by atoms with van der Waals surface area (Å²) in [5, 5.41) is 20.6. The Morgan fingerprint density at radius 1 is 1.21 bits per heavy atom. The van der Waals surface area contributed by atoms with Crippen molar-refractivity contribution in [1.82, 2.24) is 0 Å². The average molecular weight is 392 g/mol. The van der Waals surface area contributed by atoms with Crippen molar-refractivity contribution in [1.29, 1.82) is 0 Å². The number of phenols is 1. The summed E-state index contributed by atoms with van der Waals surface area (Å²) in [6.07, 6.45) is 0.910. The molecule has 28 heavy (non-hydrogen) atoms. The minimum Gasteiger partial charge on any atom is -0.507 e. The van der Waals surface area contributed by atoms with E-state index in [1.165, 1.54) is 20.3 Å². The van der Waals surface area contributed by atoms with Crippen molar-refractivity contribution in [2.75, 3.05) is 14.2 Å². The molecule has 2 bridgehead atoms. The van der Waals surface area contributed by atoms with E-state index in [1.807, 2.05) is 0 Å². The second-order valence-electron chi connectivity index (χ2n) is 6.92. The molecule has 1 saturated heterocycles. The van der Waals surface area contributed by atoms with Crippen LogP contribution in [0.1, 0.15) is 42.1 Å². The van der Waals surface area contributed by atoms with E-state index in [0.717, 1.165) is 0 Å². The van der Waals surface area contributed by atoms with Crippen LogP contribution in [0, 0.1) is 0 Å². The molecule has 1 aromatic carbocycles. The van der Waals surface area contributed by atoms with Crippen molar-refractivity contribution >= 4 is 17.8 Å². The monoisotopic (exact) mass is 392 g/mol. The number of aliphatic hydroxyl groups is 1. The number of aromatic hydroxyl groups is 1. The topological polar surface area (TPSA) is 112 Å². The molecule has 1 fully saturated rings. The smallest absolute Gasteiger partial charge is 0.342 e. The molecule has 2 aliphatic rings. The fraction of sp³-hybridized carbons (Fsp3) is 0.500. The van der Waals surface area contributed by atoms with Crippen LogP contribution in [0.5, 0.6) is 17.2 Å². The maximum Gasteiger partial charge on any atom is 0.342 e. The number of fused-ring (bicyclic) bond motifs is 3. The summed E-state index contributed by atoms with van der Waals surface area (Å²) in [6, 6.07) is 1.30. The number of hydrogen-bond acceptors (Lipinski definition) is 8. The first-order valence-electron chi connectivity index (χ1n) is 9.07. The number of benzene rings is 1. The lowest BCUT2D eigenvalue weighted by atomic mass is 9.94. The summed E-state index contributed by atoms with van der Waals surface area (Å²) in [5.41, 5.74) is 0.245. The fourth-order valence-corrected chi connectivity index (χ4v) is 3.61. The summed E-state index contributed by atoms with van der Waals surface area (Å²) in [5.74, 6) is -0.793. The Kier molecular flexibility index (Phi) is 5.90. The number of rotatable bonds is 2. The molecule has 0 aliphatic carbocycles. The van der Waals surface area contributed by atoms with Crippen molar-refractivity contribution in [2.24, 2.45) is 0 Å². The lowest BCUT2D eigenvalue weighted by Crippen LogP contribution is -2.46. The minimum absolute atomic E-state index is 0.0379. The van der Waals surface area contributed by atoms with Crippen LogP contribution in [-0.4, -0.2) is 60.6 Å². The molecule has 2 heterocycles. The molecule has 0 amide bonds. The molecule has 152 valence electrons. The number of hydrogen-bond donors (Lipinski definition) is 2. The summed E-state index contributed by atoms with van der Waals surface area (Å²) in [4.78, 5) is 24.8. The van der Waals surface area contributed by atoms with Crippen molar-refractivity contribution < 1.29 is 38.7 Å². The van der Waals surface area contributed by atoms with Gasteiger partial charge in [-0.1, -0.05) is 12.2 Å². The van der Waals surface area contributed by atoms with Gasteiger partial charge in [0.05, 0.1) is 26.4 Å². The van der Waals surface area contributed by atoms with Crippen molar-refractivity contribution in [3.63, 3.8) is 0 Å². The molecule has 1 aromatic rings. The van der Waals surface area contributed by atoms with Gasteiger partial charge in [-0.3, -0.25) is 4.79 Å². The van der Waals surface area contributed by atoms with E-state index >= 15 is 0 Å². The van der Waals surface area contributed by atoms with Crippen LogP contribution >= 0.6 is 0 Å². The van der Waals surface area contributed by atoms with E-state index in [2.05, 4.69) is 0 Å². The van der Waals surface area contributed by atoms with Gasteiger partial charge < -0.3 is 29.2 Å². The Morgan fingerprint density at radius 3 is 2.64 bits per heavy atom. The molecule has 2 aliphatic heterocycles. The highest BCUT2D eigenvalue weighted by molar-refractivity contribution is 5.98.